The number of hydrogen-bond donors (Lipinski definition) is 1. The smallest absolute Gasteiger partial charge is 0.152 e. The zero-order valence-corrected chi connectivity index (χ0v) is 8.77. The monoisotopic (exact) mass is 217 g/mol. The van der Waals surface area contributed by atoms with Crippen LogP contribution in [0.25, 0.3) is 11.1 Å². The summed E-state index contributed by atoms with van der Waals surface area (Å²) in [7, 11) is 1.51. The number of furan rings is 1. The number of nitrogens with two attached hydrogens (primary N) is 1. The van der Waals surface area contributed by atoms with E-state index in [0.717, 1.165) is 11.1 Å². The first-order chi connectivity index (χ1) is 7.76. The number of carbonyl (C=O) groups is 1. The number of methoxy groups -OCH3 is 1. The second-order valence-corrected chi connectivity index (χ2v) is 3.31. The average Bonchev–Trinajstić information content (AvgIpc) is 2.83. The van der Waals surface area contributed by atoms with Gasteiger partial charge in [-0.3, -0.25) is 4.79 Å². The van der Waals surface area contributed by atoms with Gasteiger partial charge in [-0.05, 0) is 23.8 Å². The van der Waals surface area contributed by atoms with Crippen LogP contribution in [0.3, 0.4) is 0 Å². The molecule has 82 valence electrons. The molecule has 0 saturated carbocycles. The zero-order chi connectivity index (χ0) is 11.5. The highest BCUT2D eigenvalue weighted by Gasteiger charge is 2.09. The highest BCUT2D eigenvalue weighted by Crippen LogP contribution is 2.31. The summed E-state index contributed by atoms with van der Waals surface area (Å²) in [5.74, 6) is 0.487. The second-order valence-electron chi connectivity index (χ2n) is 3.31. The van der Waals surface area contributed by atoms with Crippen LogP contribution in [0.1, 0.15) is 10.4 Å². The molecule has 0 aliphatic heterocycles. The van der Waals surface area contributed by atoms with Gasteiger partial charge < -0.3 is 14.9 Å². The standard InChI is InChI=1S/C12H11NO3/c1-15-11-5-9(8-2-3-16-7-8)4-10(6-14)12(11)13/h2-7H,13H2,1H3. The van der Waals surface area contributed by atoms with Crippen LogP contribution in [-0.4, -0.2) is 13.4 Å². The van der Waals surface area contributed by atoms with Crippen molar-refractivity contribution >= 4 is 12.0 Å². The van der Waals surface area contributed by atoms with E-state index >= 15 is 0 Å². The van der Waals surface area contributed by atoms with E-state index < -0.39 is 0 Å². The molecule has 4 heteroatoms. The zero-order valence-electron chi connectivity index (χ0n) is 8.77. The van der Waals surface area contributed by atoms with Gasteiger partial charge >= 0.3 is 0 Å². The van der Waals surface area contributed by atoms with Gasteiger partial charge in [0, 0.05) is 11.1 Å². The predicted molar refractivity (Wildman–Crippen MR) is 60.5 cm³/mol. The minimum absolute atomic E-state index is 0.352. The fourth-order valence-corrected chi connectivity index (χ4v) is 1.51. The van der Waals surface area contributed by atoms with E-state index in [9.17, 15) is 4.79 Å². The molecule has 0 saturated heterocycles. The van der Waals surface area contributed by atoms with Crippen molar-refractivity contribution < 1.29 is 13.9 Å². The van der Waals surface area contributed by atoms with Crippen molar-refractivity contribution in [2.75, 3.05) is 12.8 Å². The lowest BCUT2D eigenvalue weighted by atomic mass is 10.0. The molecule has 0 spiro atoms. The topological polar surface area (TPSA) is 65.5 Å². The Morgan fingerprint density at radius 1 is 1.38 bits per heavy atom. The minimum Gasteiger partial charge on any atom is -0.495 e. The third-order valence-corrected chi connectivity index (χ3v) is 2.38. The van der Waals surface area contributed by atoms with E-state index in [1.807, 2.05) is 0 Å². The van der Waals surface area contributed by atoms with Gasteiger partial charge in [0.25, 0.3) is 0 Å². The molecule has 0 unspecified atom stereocenters. The summed E-state index contributed by atoms with van der Waals surface area (Å²) in [6.45, 7) is 0. The van der Waals surface area contributed by atoms with Crippen LogP contribution in [0.5, 0.6) is 5.75 Å². The third kappa shape index (κ3) is 1.65. The van der Waals surface area contributed by atoms with Crippen molar-refractivity contribution in [1.29, 1.82) is 0 Å². The molecule has 2 rings (SSSR count). The van der Waals surface area contributed by atoms with Crippen LogP contribution in [0, 0.1) is 0 Å². The summed E-state index contributed by atoms with van der Waals surface area (Å²) in [6, 6.07) is 5.28. The molecule has 1 heterocycles. The van der Waals surface area contributed by atoms with Crippen LogP contribution in [0.15, 0.2) is 35.1 Å². The number of aldehydes is 1. The van der Waals surface area contributed by atoms with E-state index in [0.29, 0.717) is 23.3 Å². The second kappa shape index (κ2) is 4.10. The van der Waals surface area contributed by atoms with Crippen LogP contribution in [0.2, 0.25) is 0 Å². The maximum Gasteiger partial charge on any atom is 0.152 e. The third-order valence-electron chi connectivity index (χ3n) is 2.38. The van der Waals surface area contributed by atoms with E-state index in [4.69, 9.17) is 14.9 Å². The summed E-state index contributed by atoms with van der Waals surface area (Å²) in [5.41, 5.74) is 8.22. The molecule has 0 amide bonds. The van der Waals surface area contributed by atoms with Crippen LogP contribution < -0.4 is 10.5 Å². The molecule has 0 aliphatic carbocycles. The Morgan fingerprint density at radius 2 is 2.19 bits per heavy atom. The first-order valence-corrected chi connectivity index (χ1v) is 4.71. The summed E-state index contributed by atoms with van der Waals surface area (Å²) in [5, 5.41) is 0. The first kappa shape index (κ1) is 10.3. The van der Waals surface area contributed by atoms with Crippen molar-refractivity contribution in [2.24, 2.45) is 0 Å². The Hall–Kier alpha value is -2.23. The molecule has 1 aromatic carbocycles. The normalized spacial score (nSPS) is 10.1. The van der Waals surface area contributed by atoms with E-state index in [1.54, 1.807) is 30.7 Å². The minimum atomic E-state index is 0.352. The molecular formula is C12H11NO3. The highest BCUT2D eigenvalue weighted by molar-refractivity contribution is 5.89. The molecule has 0 bridgehead atoms. The Kier molecular flexibility index (Phi) is 2.64. The first-order valence-electron chi connectivity index (χ1n) is 4.71. The molecule has 2 N–H and O–H groups in total. The van der Waals surface area contributed by atoms with E-state index in [-0.39, 0.29) is 0 Å². The Bertz CT molecular complexity index is 503. The summed E-state index contributed by atoms with van der Waals surface area (Å²) < 4.78 is 10.1. The lowest BCUT2D eigenvalue weighted by molar-refractivity contribution is 0.112. The molecule has 1 aromatic heterocycles. The van der Waals surface area contributed by atoms with Crippen molar-refractivity contribution in [3.8, 4) is 16.9 Å². The largest absolute Gasteiger partial charge is 0.495 e. The molecule has 4 nitrogen and oxygen atoms in total. The predicted octanol–water partition coefficient (Wildman–Crippen LogP) is 2.35. The SMILES string of the molecule is COc1cc(-c2ccoc2)cc(C=O)c1N. The maximum absolute atomic E-state index is 10.9. The molecular weight excluding hydrogens is 206 g/mol. The molecule has 0 radical (unpaired) electrons. The van der Waals surface area contributed by atoms with E-state index in [2.05, 4.69) is 0 Å². The van der Waals surface area contributed by atoms with Gasteiger partial charge in [0.15, 0.2) is 6.29 Å². The molecule has 0 atom stereocenters. The van der Waals surface area contributed by atoms with Crippen LogP contribution in [-0.2, 0) is 0 Å². The summed E-state index contributed by atoms with van der Waals surface area (Å²) in [4.78, 5) is 10.9. The quantitative estimate of drug-likeness (QED) is 0.633. The van der Waals surface area contributed by atoms with Gasteiger partial charge in [0.05, 0.1) is 25.3 Å². The lowest BCUT2D eigenvalue weighted by Gasteiger charge is -2.08. The number of hydrogen-bond acceptors (Lipinski definition) is 4. The molecule has 16 heavy (non-hydrogen) atoms. The van der Waals surface area contributed by atoms with Gasteiger partial charge in [-0.15, -0.1) is 0 Å². The lowest BCUT2D eigenvalue weighted by Crippen LogP contribution is -1.98. The Morgan fingerprint density at radius 3 is 2.75 bits per heavy atom. The fraction of sp³-hybridized carbons (Fsp3) is 0.0833. The van der Waals surface area contributed by atoms with Crippen molar-refractivity contribution in [3.63, 3.8) is 0 Å². The fourth-order valence-electron chi connectivity index (χ4n) is 1.51. The number of rotatable bonds is 3. The number of ether oxygens (including phenoxy) is 1. The molecule has 0 fully saturated rings. The summed E-state index contributed by atoms with van der Waals surface area (Å²) >= 11 is 0. The van der Waals surface area contributed by atoms with Crippen molar-refractivity contribution in [2.45, 2.75) is 0 Å². The van der Waals surface area contributed by atoms with E-state index in [1.165, 1.54) is 7.11 Å². The van der Waals surface area contributed by atoms with Crippen LogP contribution >= 0.6 is 0 Å². The van der Waals surface area contributed by atoms with Crippen molar-refractivity contribution in [3.05, 3.63) is 36.3 Å². The van der Waals surface area contributed by atoms with Gasteiger partial charge in [-0.25, -0.2) is 0 Å². The average molecular weight is 217 g/mol. The number of carbonyl (C=O) groups excluding carboxylic acids is 1. The number of anilines is 1. The highest BCUT2D eigenvalue weighted by atomic mass is 16.5. The van der Waals surface area contributed by atoms with Crippen molar-refractivity contribution in [1.82, 2.24) is 0 Å². The van der Waals surface area contributed by atoms with Crippen LogP contribution in [0.4, 0.5) is 5.69 Å². The Labute approximate surface area is 92.6 Å². The van der Waals surface area contributed by atoms with Gasteiger partial charge in [-0.2, -0.15) is 0 Å². The summed E-state index contributed by atoms with van der Waals surface area (Å²) in [6.07, 6.45) is 3.87. The van der Waals surface area contributed by atoms with Gasteiger partial charge in [-0.1, -0.05) is 0 Å². The number of nitrogen functional groups attached to an aromatic ring is 1. The number of benzene rings is 1. The molecule has 2 aromatic rings. The maximum atomic E-state index is 10.9. The Balaban J connectivity index is 2.60. The molecule has 0 aliphatic rings. The van der Waals surface area contributed by atoms with Gasteiger partial charge in [0.2, 0.25) is 0 Å². The van der Waals surface area contributed by atoms with Gasteiger partial charge in [0.1, 0.15) is 5.75 Å².